The third kappa shape index (κ3) is 3.16. The van der Waals surface area contributed by atoms with Crippen molar-refractivity contribution in [3.63, 3.8) is 0 Å². The fourth-order valence-electron chi connectivity index (χ4n) is 3.62. The van der Waals surface area contributed by atoms with Gasteiger partial charge in [-0.25, -0.2) is 8.42 Å². The molecule has 2 aliphatic rings. The Morgan fingerprint density at radius 2 is 1.82 bits per heavy atom. The zero-order valence-corrected chi connectivity index (χ0v) is 13.5. The van der Waals surface area contributed by atoms with E-state index in [4.69, 9.17) is 0 Å². The molecule has 6 heteroatoms. The molecule has 3 rings (SSSR count). The van der Waals surface area contributed by atoms with E-state index in [1.165, 1.54) is 0 Å². The molecular weight excluding hydrogens is 300 g/mol. The highest BCUT2D eigenvalue weighted by Gasteiger charge is 2.35. The molecule has 1 atom stereocenters. The van der Waals surface area contributed by atoms with Gasteiger partial charge in [0.05, 0.1) is 11.3 Å². The third-order valence-electron chi connectivity index (χ3n) is 4.80. The van der Waals surface area contributed by atoms with E-state index in [1.807, 2.05) is 12.1 Å². The smallest absolute Gasteiger partial charge is 0.238 e. The first-order valence-electron chi connectivity index (χ1n) is 7.99. The molecule has 2 fully saturated rings. The second-order valence-corrected chi connectivity index (χ2v) is 8.52. The second-order valence-electron chi connectivity index (χ2n) is 6.24. The van der Waals surface area contributed by atoms with Crippen LogP contribution >= 0.6 is 0 Å². The lowest BCUT2D eigenvalue weighted by Crippen LogP contribution is -2.37. The van der Waals surface area contributed by atoms with Gasteiger partial charge in [-0.1, -0.05) is 12.8 Å². The Morgan fingerprint density at radius 3 is 2.50 bits per heavy atom. The maximum Gasteiger partial charge on any atom is 0.238 e. The quantitative estimate of drug-likeness (QED) is 0.851. The Balaban J connectivity index is 1.71. The number of rotatable bonds is 4. The van der Waals surface area contributed by atoms with Crippen molar-refractivity contribution >= 4 is 15.7 Å². The van der Waals surface area contributed by atoms with E-state index >= 15 is 0 Å². The predicted octanol–water partition coefficient (Wildman–Crippen LogP) is 2.10. The molecule has 0 radical (unpaired) electrons. The normalized spacial score (nSPS) is 23.1. The van der Waals surface area contributed by atoms with Gasteiger partial charge in [0.25, 0.3) is 0 Å². The maximum absolute atomic E-state index is 12.5. The Hall–Kier alpha value is -1.43. The SMILES string of the molecule is O=C(CS(=O)(=O)C1CCCC1)N1CCC[C@@H]1c1ccncc1. The van der Waals surface area contributed by atoms with Gasteiger partial charge in [0, 0.05) is 18.9 Å². The largest absolute Gasteiger partial charge is 0.335 e. The predicted molar refractivity (Wildman–Crippen MR) is 84.0 cm³/mol. The van der Waals surface area contributed by atoms with Crippen LogP contribution in [0.2, 0.25) is 0 Å². The highest BCUT2D eigenvalue weighted by molar-refractivity contribution is 7.92. The van der Waals surface area contributed by atoms with E-state index in [0.29, 0.717) is 19.4 Å². The van der Waals surface area contributed by atoms with Crippen LogP contribution in [0.15, 0.2) is 24.5 Å². The van der Waals surface area contributed by atoms with Gasteiger partial charge in [0.1, 0.15) is 5.75 Å². The van der Waals surface area contributed by atoms with Crippen LogP contribution in [-0.2, 0) is 14.6 Å². The van der Waals surface area contributed by atoms with Crippen molar-refractivity contribution in [3.8, 4) is 0 Å². The Morgan fingerprint density at radius 1 is 1.14 bits per heavy atom. The van der Waals surface area contributed by atoms with Gasteiger partial charge in [-0.2, -0.15) is 0 Å². The number of carbonyl (C=O) groups excluding carboxylic acids is 1. The topological polar surface area (TPSA) is 67.3 Å². The number of sulfone groups is 1. The number of hydrogen-bond acceptors (Lipinski definition) is 4. The average Bonchev–Trinajstić information content (AvgIpc) is 3.19. The zero-order chi connectivity index (χ0) is 15.6. The van der Waals surface area contributed by atoms with Crippen molar-refractivity contribution in [2.75, 3.05) is 12.3 Å². The van der Waals surface area contributed by atoms with E-state index in [0.717, 1.165) is 31.2 Å². The number of amides is 1. The van der Waals surface area contributed by atoms with E-state index in [-0.39, 0.29) is 23.0 Å². The first-order valence-corrected chi connectivity index (χ1v) is 9.70. The van der Waals surface area contributed by atoms with E-state index in [2.05, 4.69) is 4.98 Å². The highest BCUT2D eigenvalue weighted by atomic mass is 32.2. The van der Waals surface area contributed by atoms with Crippen LogP contribution in [0.1, 0.15) is 50.1 Å². The summed E-state index contributed by atoms with van der Waals surface area (Å²) in [6.45, 7) is 0.645. The van der Waals surface area contributed by atoms with Crippen molar-refractivity contribution in [3.05, 3.63) is 30.1 Å². The molecule has 0 aromatic carbocycles. The standard InChI is InChI=1S/C16H22N2O3S/c19-16(12-22(20,21)14-4-1-2-5-14)18-11-3-6-15(18)13-7-9-17-10-8-13/h7-10,14-15H,1-6,11-12H2/t15-/m1/s1. The van der Waals surface area contributed by atoms with Gasteiger partial charge < -0.3 is 4.90 Å². The monoisotopic (exact) mass is 322 g/mol. The fraction of sp³-hybridized carbons (Fsp3) is 0.625. The number of nitrogens with zero attached hydrogens (tertiary/aromatic N) is 2. The summed E-state index contributed by atoms with van der Waals surface area (Å²) < 4.78 is 24.8. The van der Waals surface area contributed by atoms with Crippen LogP contribution in [-0.4, -0.2) is 41.8 Å². The molecule has 22 heavy (non-hydrogen) atoms. The van der Waals surface area contributed by atoms with Crippen molar-refractivity contribution in [1.82, 2.24) is 9.88 Å². The molecule has 0 spiro atoms. The molecule has 1 aromatic rings. The van der Waals surface area contributed by atoms with Gasteiger partial charge in [0.15, 0.2) is 9.84 Å². The molecule has 2 heterocycles. The van der Waals surface area contributed by atoms with Crippen molar-refractivity contribution < 1.29 is 13.2 Å². The number of carbonyl (C=O) groups is 1. The molecule has 1 aliphatic heterocycles. The molecule has 0 unspecified atom stereocenters. The first-order chi connectivity index (χ1) is 10.6. The van der Waals surface area contributed by atoms with Crippen LogP contribution in [0.5, 0.6) is 0 Å². The number of hydrogen-bond donors (Lipinski definition) is 0. The molecule has 0 N–H and O–H groups in total. The molecule has 1 saturated heterocycles. The summed E-state index contributed by atoms with van der Waals surface area (Å²) >= 11 is 0. The second kappa shape index (κ2) is 6.36. The van der Waals surface area contributed by atoms with Gasteiger partial charge in [-0.15, -0.1) is 0 Å². The summed E-state index contributed by atoms with van der Waals surface area (Å²) in [6, 6.07) is 3.80. The summed E-state index contributed by atoms with van der Waals surface area (Å²) in [5, 5.41) is -0.307. The molecular formula is C16H22N2O3S. The minimum Gasteiger partial charge on any atom is -0.335 e. The minimum atomic E-state index is -3.31. The molecule has 1 saturated carbocycles. The lowest BCUT2D eigenvalue weighted by atomic mass is 10.1. The van der Waals surface area contributed by atoms with Gasteiger partial charge >= 0.3 is 0 Å². The summed E-state index contributed by atoms with van der Waals surface area (Å²) in [5.74, 6) is -0.578. The third-order valence-corrected chi connectivity index (χ3v) is 6.94. The van der Waals surface area contributed by atoms with Crippen LogP contribution in [0.4, 0.5) is 0 Å². The van der Waals surface area contributed by atoms with E-state index in [1.54, 1.807) is 17.3 Å². The van der Waals surface area contributed by atoms with Crippen LogP contribution in [0.3, 0.4) is 0 Å². The van der Waals surface area contributed by atoms with E-state index < -0.39 is 9.84 Å². The zero-order valence-electron chi connectivity index (χ0n) is 12.6. The fourth-order valence-corrected chi connectivity index (χ4v) is 5.42. The number of pyridine rings is 1. The van der Waals surface area contributed by atoms with E-state index in [9.17, 15) is 13.2 Å². The minimum absolute atomic E-state index is 0.00530. The first kappa shape index (κ1) is 15.5. The molecule has 1 aromatic heterocycles. The molecule has 1 aliphatic carbocycles. The van der Waals surface area contributed by atoms with Crippen LogP contribution < -0.4 is 0 Å². The van der Waals surface area contributed by atoms with Crippen molar-refractivity contribution in [1.29, 1.82) is 0 Å². The Kier molecular flexibility index (Phi) is 4.47. The van der Waals surface area contributed by atoms with Crippen molar-refractivity contribution in [2.24, 2.45) is 0 Å². The molecule has 0 bridgehead atoms. The average molecular weight is 322 g/mol. The molecule has 5 nitrogen and oxygen atoms in total. The number of aromatic nitrogens is 1. The van der Waals surface area contributed by atoms with Gasteiger partial charge in [-0.3, -0.25) is 9.78 Å². The Bertz CT molecular complexity index is 624. The van der Waals surface area contributed by atoms with Gasteiger partial charge in [-0.05, 0) is 43.4 Å². The number of likely N-dealkylation sites (tertiary alicyclic amines) is 1. The highest BCUT2D eigenvalue weighted by Crippen LogP contribution is 2.32. The van der Waals surface area contributed by atoms with Crippen LogP contribution in [0, 0.1) is 0 Å². The summed E-state index contributed by atoms with van der Waals surface area (Å²) in [6.07, 6.45) is 8.58. The summed E-state index contributed by atoms with van der Waals surface area (Å²) in [5.41, 5.74) is 1.04. The summed E-state index contributed by atoms with van der Waals surface area (Å²) in [7, 11) is -3.31. The lowest BCUT2D eigenvalue weighted by molar-refractivity contribution is -0.129. The molecule has 120 valence electrons. The van der Waals surface area contributed by atoms with Crippen molar-refractivity contribution in [2.45, 2.75) is 49.8 Å². The summed E-state index contributed by atoms with van der Waals surface area (Å²) in [4.78, 5) is 18.3. The molecule has 1 amide bonds. The Labute approximate surface area is 131 Å². The maximum atomic E-state index is 12.5. The lowest BCUT2D eigenvalue weighted by Gasteiger charge is -2.25. The van der Waals surface area contributed by atoms with Crippen LogP contribution in [0.25, 0.3) is 0 Å². The van der Waals surface area contributed by atoms with Gasteiger partial charge in [0.2, 0.25) is 5.91 Å².